The number of aromatic nitrogens is 5. The van der Waals surface area contributed by atoms with Crippen LogP contribution in [0.15, 0.2) is 218 Å². The van der Waals surface area contributed by atoms with E-state index in [2.05, 4.69) is 214 Å². The number of rotatable bonds is 6. The minimum atomic E-state index is 0.533. The molecule has 0 unspecified atom stereocenters. The Bertz CT molecular complexity index is 3630. The van der Waals surface area contributed by atoms with Crippen molar-refractivity contribution in [2.75, 3.05) is 4.90 Å². The lowest BCUT2D eigenvalue weighted by Gasteiger charge is -2.32. The van der Waals surface area contributed by atoms with Gasteiger partial charge in [0, 0.05) is 27.1 Å². The predicted octanol–water partition coefficient (Wildman–Crippen LogP) is 14.5. The Labute approximate surface area is 363 Å². The quantitative estimate of drug-likeness (QED) is 0.168. The van der Waals surface area contributed by atoms with Crippen molar-refractivity contribution in [2.24, 2.45) is 0 Å². The highest BCUT2D eigenvalue weighted by molar-refractivity contribution is 6.17. The van der Waals surface area contributed by atoms with Crippen LogP contribution in [0.5, 0.6) is 0 Å². The van der Waals surface area contributed by atoms with Crippen LogP contribution in [0.25, 0.3) is 100 Å². The second kappa shape index (κ2) is 14.0. The third-order valence-electron chi connectivity index (χ3n) is 12.5. The van der Waals surface area contributed by atoms with E-state index in [4.69, 9.17) is 15.0 Å². The molecule has 1 aliphatic rings. The molecule has 0 fully saturated rings. The van der Waals surface area contributed by atoms with Crippen LogP contribution in [0.4, 0.5) is 17.3 Å². The van der Waals surface area contributed by atoms with Crippen LogP contribution in [0.1, 0.15) is 0 Å². The number of hydrogen-bond acceptors (Lipinski definition) is 4. The zero-order valence-corrected chi connectivity index (χ0v) is 34.0. The second-order valence-electron chi connectivity index (χ2n) is 16.1. The van der Waals surface area contributed by atoms with E-state index in [-0.39, 0.29) is 0 Å². The van der Waals surface area contributed by atoms with Crippen molar-refractivity contribution in [2.45, 2.75) is 0 Å². The van der Waals surface area contributed by atoms with Gasteiger partial charge in [0.2, 0.25) is 11.9 Å². The minimum absolute atomic E-state index is 0.533. The van der Waals surface area contributed by atoms with Crippen LogP contribution in [0.2, 0.25) is 0 Å². The molecule has 294 valence electrons. The van der Waals surface area contributed by atoms with Gasteiger partial charge in [-0.2, -0.15) is 15.0 Å². The van der Waals surface area contributed by atoms with Crippen molar-refractivity contribution in [1.82, 2.24) is 24.1 Å². The fraction of sp³-hybridized carbons (Fsp3) is 0. The van der Waals surface area contributed by atoms with Crippen molar-refractivity contribution in [3.05, 3.63) is 218 Å². The number of nitrogens with zero attached hydrogens (tertiary/aromatic N) is 6. The smallest absolute Gasteiger partial charge is 0.240 e. The summed E-state index contributed by atoms with van der Waals surface area (Å²) >= 11 is 0. The lowest BCUT2D eigenvalue weighted by molar-refractivity contribution is 0.928. The Balaban J connectivity index is 1.11. The molecule has 0 amide bonds. The highest BCUT2D eigenvalue weighted by atomic mass is 15.3. The fourth-order valence-corrected chi connectivity index (χ4v) is 9.61. The summed E-state index contributed by atoms with van der Waals surface area (Å²) in [6, 6.07) is 77.4. The first kappa shape index (κ1) is 35.2. The maximum atomic E-state index is 5.56. The zero-order valence-electron chi connectivity index (χ0n) is 34.0. The molecule has 0 radical (unpaired) electrons. The second-order valence-corrected chi connectivity index (χ2v) is 16.1. The van der Waals surface area contributed by atoms with Gasteiger partial charge in [0.15, 0.2) is 5.82 Å². The van der Waals surface area contributed by atoms with Gasteiger partial charge >= 0.3 is 0 Å². The first-order valence-corrected chi connectivity index (χ1v) is 21.3. The summed E-state index contributed by atoms with van der Waals surface area (Å²) in [4.78, 5) is 18.6. The molecule has 13 rings (SSSR count). The Morgan fingerprint density at radius 1 is 0.270 bits per heavy atom. The van der Waals surface area contributed by atoms with Gasteiger partial charge in [0.1, 0.15) is 0 Å². The van der Waals surface area contributed by atoms with Crippen LogP contribution in [-0.4, -0.2) is 24.1 Å². The molecule has 0 saturated carbocycles. The van der Waals surface area contributed by atoms with Crippen LogP contribution in [0, 0.1) is 0 Å². The van der Waals surface area contributed by atoms with E-state index in [0.717, 1.165) is 77.7 Å². The summed E-state index contributed by atoms with van der Waals surface area (Å²) in [5.41, 5.74) is 15.1. The van der Waals surface area contributed by atoms with Crippen LogP contribution < -0.4 is 4.90 Å². The molecule has 12 aromatic rings. The minimum Gasteiger partial charge on any atom is -0.305 e. The maximum Gasteiger partial charge on any atom is 0.240 e. The Morgan fingerprint density at radius 3 is 1.38 bits per heavy atom. The van der Waals surface area contributed by atoms with Gasteiger partial charge in [-0.05, 0) is 81.9 Å². The molecule has 1 aliphatic heterocycles. The summed E-state index contributed by atoms with van der Waals surface area (Å²) < 4.78 is 4.62. The number of hydrogen-bond donors (Lipinski definition) is 0. The van der Waals surface area contributed by atoms with Crippen molar-refractivity contribution in [1.29, 1.82) is 0 Å². The van der Waals surface area contributed by atoms with Gasteiger partial charge in [-0.1, -0.05) is 170 Å². The predicted molar refractivity (Wildman–Crippen MR) is 258 cm³/mol. The highest BCUT2D eigenvalue weighted by Gasteiger charge is 2.31. The number of para-hydroxylation sites is 2. The fourth-order valence-electron chi connectivity index (χ4n) is 9.61. The maximum absolute atomic E-state index is 5.56. The molecule has 0 N–H and O–H groups in total. The molecule has 0 aliphatic carbocycles. The van der Waals surface area contributed by atoms with Gasteiger partial charge in [0.25, 0.3) is 0 Å². The van der Waals surface area contributed by atoms with Crippen molar-refractivity contribution in [3.8, 4) is 56.4 Å². The molecule has 0 bridgehead atoms. The van der Waals surface area contributed by atoms with Gasteiger partial charge in [-0.25, -0.2) is 0 Å². The number of benzene rings is 9. The summed E-state index contributed by atoms with van der Waals surface area (Å²) in [6.45, 7) is 0. The van der Waals surface area contributed by atoms with Gasteiger partial charge < -0.3 is 4.57 Å². The number of anilines is 3. The Hall–Kier alpha value is -8.61. The van der Waals surface area contributed by atoms with E-state index in [1.54, 1.807) is 0 Å². The summed E-state index contributed by atoms with van der Waals surface area (Å²) in [6.07, 6.45) is 0. The average Bonchev–Trinajstić information content (AvgIpc) is 3.88. The average molecular weight is 805 g/mol. The Morgan fingerprint density at radius 2 is 0.762 bits per heavy atom. The lowest BCUT2D eigenvalue weighted by atomic mass is 10.0. The molecule has 4 heterocycles. The standard InChI is InChI=1S/C57H36N6/c1-5-16-37(17-6-1)41-28-31-49-46(34-41)47-35-42(38-18-7-2-8-19-38)29-32-50(47)62(49)56-58-55(40-22-11-4-12-23-40)59-57(60-56)63-52-27-15-25-45-44-24-13-14-26-48(44)61(54(45)52)51-33-30-43(36-53(51)63)39-20-9-3-10-21-39/h1-36H. The topological polar surface area (TPSA) is 51.8 Å². The molecular weight excluding hydrogens is 769 g/mol. The highest BCUT2D eigenvalue weighted by Crippen LogP contribution is 2.50. The van der Waals surface area contributed by atoms with Gasteiger partial charge in [-0.3, -0.25) is 9.47 Å². The third-order valence-corrected chi connectivity index (χ3v) is 12.5. The lowest BCUT2D eigenvalue weighted by Crippen LogP contribution is -2.21. The number of fused-ring (bicyclic) bond motifs is 8. The molecule has 6 heteroatoms. The first-order valence-electron chi connectivity index (χ1n) is 21.3. The molecule has 6 nitrogen and oxygen atoms in total. The van der Waals surface area contributed by atoms with Crippen LogP contribution >= 0.6 is 0 Å². The molecule has 0 saturated heterocycles. The van der Waals surface area contributed by atoms with Gasteiger partial charge in [0.05, 0.1) is 39.1 Å². The van der Waals surface area contributed by atoms with Crippen molar-refractivity contribution < 1.29 is 0 Å². The summed E-state index contributed by atoms with van der Waals surface area (Å²) in [7, 11) is 0. The van der Waals surface area contributed by atoms with E-state index in [1.165, 1.54) is 21.9 Å². The van der Waals surface area contributed by atoms with Crippen LogP contribution in [0.3, 0.4) is 0 Å². The van der Waals surface area contributed by atoms with E-state index in [0.29, 0.717) is 17.7 Å². The van der Waals surface area contributed by atoms with E-state index < -0.39 is 0 Å². The monoisotopic (exact) mass is 804 g/mol. The largest absolute Gasteiger partial charge is 0.305 e. The molecule has 9 aromatic carbocycles. The molecule has 63 heavy (non-hydrogen) atoms. The molecular formula is C57H36N6. The molecule has 0 spiro atoms. The van der Waals surface area contributed by atoms with Crippen LogP contribution in [-0.2, 0) is 0 Å². The van der Waals surface area contributed by atoms with E-state index in [9.17, 15) is 0 Å². The van der Waals surface area contributed by atoms with E-state index in [1.807, 2.05) is 18.2 Å². The van der Waals surface area contributed by atoms with Crippen molar-refractivity contribution >= 4 is 60.9 Å². The van der Waals surface area contributed by atoms with Crippen molar-refractivity contribution in [3.63, 3.8) is 0 Å². The van der Waals surface area contributed by atoms with Gasteiger partial charge in [-0.15, -0.1) is 0 Å². The molecule has 3 aromatic heterocycles. The zero-order chi connectivity index (χ0) is 41.4. The Kier molecular flexibility index (Phi) is 7.80. The third kappa shape index (κ3) is 5.55. The first-order chi connectivity index (χ1) is 31.2. The molecule has 0 atom stereocenters. The summed E-state index contributed by atoms with van der Waals surface area (Å²) in [5.74, 6) is 1.66. The van der Waals surface area contributed by atoms with E-state index >= 15 is 0 Å². The SMILES string of the molecule is c1ccc(-c2ccc3c(c2)N(c2nc(-c4ccccc4)nc(-n4c5ccc(-c6ccccc6)cc5c5cc(-c6ccccc6)ccc54)n2)c2cccc4c5ccccc5n-3c24)cc1. The normalized spacial score (nSPS) is 12.1. The summed E-state index contributed by atoms with van der Waals surface area (Å²) in [5, 5.41) is 4.62.